The maximum Gasteiger partial charge on any atom is 0.251 e. The minimum absolute atomic E-state index is 0.0402. The Morgan fingerprint density at radius 1 is 1.07 bits per heavy atom. The highest BCUT2D eigenvalue weighted by molar-refractivity contribution is 5.97. The van der Waals surface area contributed by atoms with E-state index in [1.165, 1.54) is 0 Å². The number of aromatic nitrogens is 1. The van der Waals surface area contributed by atoms with Gasteiger partial charge in [-0.15, -0.1) is 0 Å². The van der Waals surface area contributed by atoms with E-state index < -0.39 is 24.2 Å². The zero-order chi connectivity index (χ0) is 41.8. The molecule has 4 N–H and O–H groups in total. The van der Waals surface area contributed by atoms with Crippen molar-refractivity contribution in [3.63, 3.8) is 0 Å². The monoisotopic (exact) mass is 787 g/mol. The van der Waals surface area contributed by atoms with Gasteiger partial charge in [0.2, 0.25) is 5.91 Å². The van der Waals surface area contributed by atoms with Crippen molar-refractivity contribution in [2.45, 2.75) is 91.3 Å². The predicted octanol–water partition coefficient (Wildman–Crippen LogP) is 5.02. The number of hydrogen-bond donors (Lipinski definition) is 4. The van der Waals surface area contributed by atoms with Crippen molar-refractivity contribution in [3.05, 3.63) is 77.6 Å². The number of hydrogen-bond acceptors (Lipinski definition) is 10. The third-order valence-electron chi connectivity index (χ3n) is 12.9. The lowest BCUT2D eigenvalue weighted by Gasteiger charge is -2.50. The molecule has 0 spiro atoms. The number of benzene rings is 2. The molecule has 2 aromatic carbocycles. The van der Waals surface area contributed by atoms with Crippen LogP contribution in [0.3, 0.4) is 0 Å². The van der Waals surface area contributed by atoms with Crippen LogP contribution < -0.4 is 20.3 Å². The molecule has 12 heteroatoms. The van der Waals surface area contributed by atoms with Crippen LogP contribution in [0.15, 0.2) is 60.8 Å². The van der Waals surface area contributed by atoms with Crippen LogP contribution in [0.25, 0.3) is 11.1 Å². The normalized spacial score (nSPS) is 25.8. The molecule has 12 nitrogen and oxygen atoms in total. The van der Waals surface area contributed by atoms with E-state index in [1.54, 1.807) is 25.3 Å². The van der Waals surface area contributed by atoms with Crippen LogP contribution in [-0.4, -0.2) is 116 Å². The Hall–Kier alpha value is -4.07. The smallest absolute Gasteiger partial charge is 0.251 e. The molecule has 2 heterocycles. The lowest BCUT2D eigenvalue weighted by Crippen LogP contribution is -2.56. The fourth-order valence-corrected chi connectivity index (χ4v) is 8.85. The Morgan fingerprint density at radius 3 is 2.42 bits per heavy atom. The van der Waals surface area contributed by atoms with Gasteiger partial charge in [0.15, 0.2) is 0 Å². The zero-order valence-electron chi connectivity index (χ0n) is 35.8. The molecule has 0 radical (unpaired) electrons. The van der Waals surface area contributed by atoms with Gasteiger partial charge in [0.1, 0.15) is 17.9 Å². The highest BCUT2D eigenvalue weighted by atomic mass is 16.7. The Balaban J connectivity index is 1.46. The number of carbonyl (C=O) groups is 2. The van der Waals surface area contributed by atoms with Gasteiger partial charge >= 0.3 is 0 Å². The minimum Gasteiger partial charge on any atom is -0.496 e. The Bertz CT molecular complexity index is 1820. The van der Waals surface area contributed by atoms with Gasteiger partial charge in [-0.05, 0) is 86.5 Å². The number of likely N-dealkylation sites (N-methyl/N-ethyl adjacent to an activating group) is 1. The van der Waals surface area contributed by atoms with E-state index in [4.69, 9.17) is 9.57 Å². The van der Waals surface area contributed by atoms with Crippen molar-refractivity contribution in [1.82, 2.24) is 25.6 Å². The molecule has 2 aliphatic rings. The molecule has 312 valence electrons. The molecule has 9 atom stereocenters. The molecular weight excluding hydrogens is 721 g/mol. The lowest BCUT2D eigenvalue weighted by molar-refractivity contribution is -0.182. The standard InChI is InChI=1S/C45H66N6O6/c1-27-19-38(28(2)29(3)45(27,5)6)48-44(55)41-40(30(4)53)39(26-52)57-51(41)24-31-15-14-17-37(42(31)56-11)32-20-33(22-36(21-32)50(9)10)43(54)47-35(25-49(7)8)23-34-16-12-13-18-46-34/h12-18,20-22,27-30,35,38-41,52-53H,19,23-26H2,1-11H3,(H,47,54)(H,48,55)/t27-,28+,29+,30+,35-,38+,39+,40-,41+/m1/s1. The molecule has 0 bridgehead atoms. The van der Waals surface area contributed by atoms with Gasteiger partial charge in [0, 0.05) is 79.3 Å². The summed E-state index contributed by atoms with van der Waals surface area (Å²) in [6.07, 6.45) is 1.50. The fraction of sp³-hybridized carbons (Fsp3) is 0.578. The highest BCUT2D eigenvalue weighted by Crippen LogP contribution is 2.47. The number of para-hydroxylation sites is 1. The van der Waals surface area contributed by atoms with Crippen molar-refractivity contribution < 1.29 is 29.4 Å². The quantitative estimate of drug-likeness (QED) is 0.166. The Morgan fingerprint density at radius 2 is 1.81 bits per heavy atom. The predicted molar refractivity (Wildman–Crippen MR) is 225 cm³/mol. The van der Waals surface area contributed by atoms with Crippen LogP contribution in [0.5, 0.6) is 5.75 Å². The summed E-state index contributed by atoms with van der Waals surface area (Å²) in [7, 11) is 9.44. The summed E-state index contributed by atoms with van der Waals surface area (Å²) in [6, 6.07) is 16.3. The molecule has 0 unspecified atom stereocenters. The van der Waals surface area contributed by atoms with Crippen LogP contribution in [0.1, 0.15) is 69.6 Å². The first kappa shape index (κ1) is 44.0. The number of amides is 2. The molecule has 1 saturated carbocycles. The number of carbonyl (C=O) groups excluding carboxylic acids is 2. The Labute approximate surface area is 339 Å². The number of hydroxylamine groups is 2. The zero-order valence-corrected chi connectivity index (χ0v) is 35.8. The van der Waals surface area contributed by atoms with Gasteiger partial charge < -0.3 is 35.4 Å². The SMILES string of the molecule is COc1c(CN2O[C@@H](CO)[C@@H]([C@H](C)O)[C@H]2C(=O)N[C@H]2C[C@@H](C)C(C)(C)[C@@H](C)[C@@H]2C)cccc1-c1cc(C(=O)N[C@H](Cc2ccccn2)CN(C)C)cc(N(C)C)c1. The van der Waals surface area contributed by atoms with Gasteiger partial charge in [-0.25, -0.2) is 0 Å². The molecule has 1 aliphatic carbocycles. The third kappa shape index (κ3) is 9.97. The van der Waals surface area contributed by atoms with Crippen molar-refractivity contribution in [2.75, 3.05) is 53.4 Å². The topological polar surface area (TPSA) is 140 Å². The summed E-state index contributed by atoms with van der Waals surface area (Å²) >= 11 is 0. The summed E-state index contributed by atoms with van der Waals surface area (Å²) in [4.78, 5) is 43.2. The molecule has 57 heavy (non-hydrogen) atoms. The van der Waals surface area contributed by atoms with Crippen molar-refractivity contribution in [1.29, 1.82) is 0 Å². The highest BCUT2D eigenvalue weighted by Gasteiger charge is 2.51. The van der Waals surface area contributed by atoms with Gasteiger partial charge in [0.05, 0.1) is 26.4 Å². The van der Waals surface area contributed by atoms with Gasteiger partial charge in [0.25, 0.3) is 5.91 Å². The van der Waals surface area contributed by atoms with Gasteiger partial charge in [-0.1, -0.05) is 58.9 Å². The average molecular weight is 787 g/mol. The fourth-order valence-electron chi connectivity index (χ4n) is 8.85. The molecule has 1 saturated heterocycles. The van der Waals surface area contributed by atoms with Crippen LogP contribution in [0.4, 0.5) is 5.69 Å². The molecule has 3 aromatic rings. The summed E-state index contributed by atoms with van der Waals surface area (Å²) in [5.41, 5.74) is 4.67. The van der Waals surface area contributed by atoms with Crippen LogP contribution in [0, 0.1) is 29.1 Å². The third-order valence-corrected chi connectivity index (χ3v) is 12.9. The summed E-state index contributed by atoms with van der Waals surface area (Å²) < 4.78 is 6.11. The lowest BCUT2D eigenvalue weighted by atomic mass is 9.58. The molecule has 1 aromatic heterocycles. The molecule has 5 rings (SSSR count). The number of aliphatic hydroxyl groups excluding tert-OH is 2. The number of anilines is 1. The maximum atomic E-state index is 14.4. The number of pyridine rings is 1. The second-order valence-electron chi connectivity index (χ2n) is 17.5. The first-order valence-corrected chi connectivity index (χ1v) is 20.3. The van der Waals surface area contributed by atoms with E-state index in [0.717, 1.165) is 34.5 Å². The number of rotatable bonds is 15. The van der Waals surface area contributed by atoms with Crippen molar-refractivity contribution in [3.8, 4) is 16.9 Å². The largest absolute Gasteiger partial charge is 0.496 e. The van der Waals surface area contributed by atoms with E-state index in [-0.39, 0.29) is 48.4 Å². The number of methoxy groups -OCH3 is 1. The molecular formula is C45H66N6O6. The van der Waals surface area contributed by atoms with Gasteiger partial charge in [-0.2, -0.15) is 5.06 Å². The van der Waals surface area contributed by atoms with E-state index >= 15 is 0 Å². The van der Waals surface area contributed by atoms with Gasteiger partial charge in [-0.3, -0.25) is 19.4 Å². The minimum atomic E-state index is -0.920. The molecule has 2 fully saturated rings. The second-order valence-corrected chi connectivity index (χ2v) is 17.5. The second kappa shape index (κ2) is 18.7. The number of nitrogens with zero attached hydrogens (tertiary/aromatic N) is 4. The average Bonchev–Trinajstić information content (AvgIpc) is 3.54. The van der Waals surface area contributed by atoms with Crippen LogP contribution in [-0.2, 0) is 22.6 Å². The van der Waals surface area contributed by atoms with Crippen LogP contribution >= 0.6 is 0 Å². The molecule has 1 aliphatic heterocycles. The van der Waals surface area contributed by atoms with E-state index in [0.29, 0.717) is 36.1 Å². The first-order chi connectivity index (χ1) is 27.0. The van der Waals surface area contributed by atoms with Crippen molar-refractivity contribution >= 4 is 17.5 Å². The number of aliphatic hydroxyl groups is 2. The summed E-state index contributed by atoms with van der Waals surface area (Å²) in [6.45, 7) is 13.4. The van der Waals surface area contributed by atoms with E-state index in [9.17, 15) is 19.8 Å². The van der Waals surface area contributed by atoms with E-state index in [2.05, 4.69) is 55.1 Å². The van der Waals surface area contributed by atoms with Crippen LogP contribution in [0.2, 0.25) is 0 Å². The maximum absolute atomic E-state index is 14.4. The first-order valence-electron chi connectivity index (χ1n) is 20.3. The summed E-state index contributed by atoms with van der Waals surface area (Å²) in [5.74, 6) is 0.505. The van der Waals surface area contributed by atoms with E-state index in [1.807, 2.05) is 87.7 Å². The Kier molecular flexibility index (Phi) is 14.4. The number of ether oxygens (including phenoxy) is 1. The van der Waals surface area contributed by atoms with Crippen molar-refractivity contribution in [2.24, 2.45) is 29.1 Å². The summed E-state index contributed by atoms with van der Waals surface area (Å²) in [5, 5.41) is 29.6. The number of nitrogens with one attached hydrogen (secondary N) is 2. The molecule has 2 amide bonds.